The quantitative estimate of drug-likeness (QED) is 0.852. The number of aromatic nitrogens is 2. The Morgan fingerprint density at radius 3 is 2.90 bits per heavy atom. The minimum Gasteiger partial charge on any atom is -0.492 e. The normalized spacial score (nSPS) is 14.6. The van der Waals surface area contributed by atoms with Crippen LogP contribution in [-0.4, -0.2) is 40.5 Å². The minimum atomic E-state index is 0.0152. The van der Waals surface area contributed by atoms with Gasteiger partial charge in [0.2, 0.25) is 0 Å². The lowest BCUT2D eigenvalue weighted by atomic mass is 10.0. The van der Waals surface area contributed by atoms with Crippen molar-refractivity contribution in [1.82, 2.24) is 14.9 Å². The van der Waals surface area contributed by atoms with Crippen molar-refractivity contribution in [3.05, 3.63) is 53.0 Å². The lowest BCUT2D eigenvalue weighted by Gasteiger charge is -2.39. The second kappa shape index (κ2) is 6.22. The summed E-state index contributed by atoms with van der Waals surface area (Å²) >= 11 is 3.32. The number of hydrogen-bond acceptors (Lipinski definition) is 4. The van der Waals surface area contributed by atoms with Crippen molar-refractivity contribution in [3.63, 3.8) is 0 Å². The standard InChI is InChI=1S/C15H14BrN3O2/c16-13-4-12(5-18-6-13)15(20)19-8-11(9-19)10-21-14-2-1-3-17-7-14/h1-7,11H,8-10H2. The summed E-state index contributed by atoms with van der Waals surface area (Å²) < 4.78 is 6.45. The zero-order valence-corrected chi connectivity index (χ0v) is 12.9. The third-order valence-electron chi connectivity index (χ3n) is 3.32. The molecule has 1 amide bonds. The molecule has 2 aromatic heterocycles. The Hall–Kier alpha value is -1.95. The fourth-order valence-corrected chi connectivity index (χ4v) is 2.56. The van der Waals surface area contributed by atoms with Gasteiger partial charge in [-0.3, -0.25) is 14.8 Å². The van der Waals surface area contributed by atoms with Crippen LogP contribution >= 0.6 is 15.9 Å². The van der Waals surface area contributed by atoms with E-state index in [0.717, 1.165) is 10.2 Å². The summed E-state index contributed by atoms with van der Waals surface area (Å²) in [6, 6.07) is 5.50. The van der Waals surface area contributed by atoms with Gasteiger partial charge in [-0.1, -0.05) is 0 Å². The maximum Gasteiger partial charge on any atom is 0.255 e. The third-order valence-corrected chi connectivity index (χ3v) is 3.75. The SMILES string of the molecule is O=C(c1cncc(Br)c1)N1CC(COc2cccnc2)C1. The van der Waals surface area contributed by atoms with Crippen molar-refractivity contribution in [3.8, 4) is 5.75 Å². The molecule has 5 nitrogen and oxygen atoms in total. The van der Waals surface area contributed by atoms with E-state index in [0.29, 0.717) is 31.2 Å². The first kappa shape index (κ1) is 14.0. The third kappa shape index (κ3) is 3.39. The van der Waals surface area contributed by atoms with Gasteiger partial charge in [-0.05, 0) is 34.1 Å². The predicted octanol–water partition coefficient (Wildman–Crippen LogP) is 2.39. The molecule has 0 bridgehead atoms. The molecule has 0 radical (unpaired) electrons. The Bertz CT molecular complexity index is 630. The van der Waals surface area contributed by atoms with Gasteiger partial charge < -0.3 is 9.64 Å². The van der Waals surface area contributed by atoms with Crippen LogP contribution in [0.2, 0.25) is 0 Å². The number of hydrogen-bond donors (Lipinski definition) is 0. The van der Waals surface area contributed by atoms with Gasteiger partial charge >= 0.3 is 0 Å². The highest BCUT2D eigenvalue weighted by atomic mass is 79.9. The summed E-state index contributed by atoms with van der Waals surface area (Å²) in [5.41, 5.74) is 0.607. The van der Waals surface area contributed by atoms with Crippen molar-refractivity contribution in [2.45, 2.75) is 0 Å². The van der Waals surface area contributed by atoms with E-state index in [-0.39, 0.29) is 5.91 Å². The van der Waals surface area contributed by atoms with Gasteiger partial charge in [-0.25, -0.2) is 0 Å². The van der Waals surface area contributed by atoms with E-state index >= 15 is 0 Å². The second-order valence-electron chi connectivity index (χ2n) is 4.97. The summed E-state index contributed by atoms with van der Waals surface area (Å²) in [5.74, 6) is 1.15. The van der Waals surface area contributed by atoms with Crippen LogP contribution < -0.4 is 4.74 Å². The van der Waals surface area contributed by atoms with Gasteiger partial charge in [0.05, 0.1) is 18.4 Å². The van der Waals surface area contributed by atoms with Gasteiger partial charge in [-0.15, -0.1) is 0 Å². The van der Waals surface area contributed by atoms with Crippen molar-refractivity contribution in [2.24, 2.45) is 5.92 Å². The number of rotatable bonds is 4. The molecule has 1 saturated heterocycles. The predicted molar refractivity (Wildman–Crippen MR) is 81.1 cm³/mol. The zero-order chi connectivity index (χ0) is 14.7. The number of pyridine rings is 2. The molecule has 3 rings (SSSR count). The van der Waals surface area contributed by atoms with E-state index in [1.165, 1.54) is 0 Å². The molecule has 1 aliphatic rings. The molecule has 0 N–H and O–H groups in total. The van der Waals surface area contributed by atoms with Crippen molar-refractivity contribution >= 4 is 21.8 Å². The van der Waals surface area contributed by atoms with E-state index in [1.807, 2.05) is 12.1 Å². The molecule has 6 heteroatoms. The topological polar surface area (TPSA) is 55.3 Å². The van der Waals surface area contributed by atoms with Crippen molar-refractivity contribution in [2.75, 3.05) is 19.7 Å². The van der Waals surface area contributed by atoms with Crippen LogP contribution in [-0.2, 0) is 0 Å². The van der Waals surface area contributed by atoms with Gasteiger partial charge in [0, 0.05) is 42.1 Å². The van der Waals surface area contributed by atoms with Gasteiger partial charge in [0.15, 0.2) is 0 Å². The van der Waals surface area contributed by atoms with Gasteiger partial charge in [0.25, 0.3) is 5.91 Å². The van der Waals surface area contributed by atoms with Crippen LogP contribution in [0.5, 0.6) is 5.75 Å². The van der Waals surface area contributed by atoms with Crippen LogP contribution in [0, 0.1) is 5.92 Å². The van der Waals surface area contributed by atoms with Crippen molar-refractivity contribution in [1.29, 1.82) is 0 Å². The first-order valence-electron chi connectivity index (χ1n) is 6.65. The smallest absolute Gasteiger partial charge is 0.255 e. The Morgan fingerprint density at radius 1 is 1.33 bits per heavy atom. The number of nitrogens with zero attached hydrogens (tertiary/aromatic N) is 3. The molecule has 3 heterocycles. The molecule has 1 fully saturated rings. The Morgan fingerprint density at radius 2 is 2.19 bits per heavy atom. The van der Waals surface area contributed by atoms with E-state index in [4.69, 9.17) is 4.74 Å². The summed E-state index contributed by atoms with van der Waals surface area (Å²) in [6.45, 7) is 2.03. The van der Waals surface area contributed by atoms with E-state index in [2.05, 4.69) is 25.9 Å². The molecule has 0 aromatic carbocycles. The van der Waals surface area contributed by atoms with Gasteiger partial charge in [0.1, 0.15) is 5.75 Å². The molecule has 21 heavy (non-hydrogen) atoms. The highest BCUT2D eigenvalue weighted by Gasteiger charge is 2.31. The van der Waals surface area contributed by atoms with Crippen LogP contribution in [0.25, 0.3) is 0 Å². The van der Waals surface area contributed by atoms with Crippen LogP contribution in [0.3, 0.4) is 0 Å². The fraction of sp³-hybridized carbons (Fsp3) is 0.267. The molecular weight excluding hydrogens is 334 g/mol. The molecule has 0 spiro atoms. The van der Waals surface area contributed by atoms with Crippen LogP contribution in [0.15, 0.2) is 47.5 Å². The molecule has 1 aliphatic heterocycles. The molecule has 2 aromatic rings. The average molecular weight is 348 g/mol. The summed E-state index contributed by atoms with van der Waals surface area (Å²) in [4.78, 5) is 22.0. The summed E-state index contributed by atoms with van der Waals surface area (Å²) in [5, 5.41) is 0. The zero-order valence-electron chi connectivity index (χ0n) is 11.3. The lowest BCUT2D eigenvalue weighted by Crippen LogP contribution is -2.52. The number of amides is 1. The highest BCUT2D eigenvalue weighted by Crippen LogP contribution is 2.21. The Balaban J connectivity index is 1.48. The van der Waals surface area contributed by atoms with E-state index in [9.17, 15) is 4.79 Å². The maximum absolute atomic E-state index is 12.2. The average Bonchev–Trinajstić information content (AvgIpc) is 2.46. The van der Waals surface area contributed by atoms with E-state index < -0.39 is 0 Å². The molecule has 108 valence electrons. The Kier molecular flexibility index (Phi) is 4.15. The Labute approximate surface area is 131 Å². The minimum absolute atomic E-state index is 0.0152. The van der Waals surface area contributed by atoms with Crippen molar-refractivity contribution < 1.29 is 9.53 Å². The molecule has 0 saturated carbocycles. The highest BCUT2D eigenvalue weighted by molar-refractivity contribution is 9.10. The number of halogens is 1. The molecular formula is C15H14BrN3O2. The van der Waals surface area contributed by atoms with Crippen LogP contribution in [0.1, 0.15) is 10.4 Å². The summed E-state index contributed by atoms with van der Waals surface area (Å²) in [7, 11) is 0. The van der Waals surface area contributed by atoms with Crippen LogP contribution in [0.4, 0.5) is 0 Å². The summed E-state index contributed by atoms with van der Waals surface area (Å²) in [6.07, 6.45) is 6.65. The molecule has 0 unspecified atom stereocenters. The first-order chi connectivity index (χ1) is 10.2. The monoisotopic (exact) mass is 347 g/mol. The first-order valence-corrected chi connectivity index (χ1v) is 7.44. The molecule has 0 aliphatic carbocycles. The van der Waals surface area contributed by atoms with E-state index in [1.54, 1.807) is 35.8 Å². The molecule has 0 atom stereocenters. The largest absolute Gasteiger partial charge is 0.492 e. The lowest BCUT2D eigenvalue weighted by molar-refractivity contribution is 0.0392. The second-order valence-corrected chi connectivity index (χ2v) is 5.88. The number of ether oxygens (including phenoxy) is 1. The number of likely N-dealkylation sites (tertiary alicyclic amines) is 1. The fourth-order valence-electron chi connectivity index (χ4n) is 2.20. The number of carbonyl (C=O) groups is 1. The maximum atomic E-state index is 12.2. The van der Waals surface area contributed by atoms with Gasteiger partial charge in [-0.2, -0.15) is 0 Å². The number of carbonyl (C=O) groups excluding carboxylic acids is 1.